The molecular weight excluding hydrogens is 294 g/mol. The second-order valence-electron chi connectivity index (χ2n) is 5.90. The molecule has 1 amide bonds. The number of nitrogens with zero attached hydrogens (tertiary/aromatic N) is 3. The van der Waals surface area contributed by atoms with E-state index in [1.807, 2.05) is 13.0 Å². The lowest BCUT2D eigenvalue weighted by Gasteiger charge is -2.24. The molecule has 1 aromatic carbocycles. The number of carbonyl (C=O) groups is 1. The fraction of sp³-hybridized carbons (Fsp3) is 0.471. The van der Waals surface area contributed by atoms with Gasteiger partial charge in [-0.2, -0.15) is 5.10 Å². The summed E-state index contributed by atoms with van der Waals surface area (Å²) in [5.41, 5.74) is 0.146. The molecule has 3 rings (SSSR count). The van der Waals surface area contributed by atoms with E-state index in [0.29, 0.717) is 42.1 Å². The molecule has 1 fully saturated rings. The Balaban J connectivity index is 1.99. The van der Waals surface area contributed by atoms with Crippen molar-refractivity contribution in [2.24, 2.45) is 13.0 Å². The van der Waals surface area contributed by atoms with E-state index in [9.17, 15) is 9.59 Å². The quantitative estimate of drug-likeness (QED) is 0.856. The van der Waals surface area contributed by atoms with Gasteiger partial charge >= 0.3 is 0 Å². The van der Waals surface area contributed by atoms with E-state index in [0.717, 1.165) is 13.0 Å². The van der Waals surface area contributed by atoms with Gasteiger partial charge in [-0.3, -0.25) is 9.59 Å². The summed E-state index contributed by atoms with van der Waals surface area (Å²) in [6.07, 6.45) is 0.977. The molecule has 2 aromatic rings. The topological polar surface area (TPSA) is 64.4 Å². The maximum Gasteiger partial charge on any atom is 0.274 e. The third-order valence-corrected chi connectivity index (χ3v) is 4.33. The van der Waals surface area contributed by atoms with Gasteiger partial charge in [-0.15, -0.1) is 0 Å². The number of aromatic nitrogens is 2. The first-order valence-electron chi connectivity index (χ1n) is 7.95. The normalized spacial score (nSPS) is 17.6. The van der Waals surface area contributed by atoms with Crippen LogP contribution < -0.4 is 5.56 Å². The lowest BCUT2D eigenvalue weighted by molar-refractivity contribution is 0.0724. The molecule has 6 heteroatoms. The first-order valence-corrected chi connectivity index (χ1v) is 7.95. The lowest BCUT2D eigenvalue weighted by atomic mass is 10.1. The van der Waals surface area contributed by atoms with Gasteiger partial charge in [-0.25, -0.2) is 4.68 Å². The zero-order chi connectivity index (χ0) is 16.4. The molecule has 122 valence electrons. The van der Waals surface area contributed by atoms with Crippen molar-refractivity contribution in [3.05, 3.63) is 40.3 Å². The van der Waals surface area contributed by atoms with Crippen molar-refractivity contribution in [1.29, 1.82) is 0 Å². The average Bonchev–Trinajstić information content (AvgIpc) is 3.08. The zero-order valence-corrected chi connectivity index (χ0v) is 13.5. The summed E-state index contributed by atoms with van der Waals surface area (Å²) < 4.78 is 6.63. The molecule has 1 atom stereocenters. The number of amides is 1. The van der Waals surface area contributed by atoms with Crippen molar-refractivity contribution >= 4 is 16.7 Å². The number of rotatable bonds is 4. The van der Waals surface area contributed by atoms with Crippen LogP contribution in [0.2, 0.25) is 0 Å². The van der Waals surface area contributed by atoms with Crippen molar-refractivity contribution in [3.8, 4) is 0 Å². The summed E-state index contributed by atoms with van der Waals surface area (Å²) in [6, 6.07) is 7.13. The largest absolute Gasteiger partial charge is 0.381 e. The van der Waals surface area contributed by atoms with E-state index in [1.54, 1.807) is 30.1 Å². The molecule has 0 saturated carbocycles. The molecule has 1 aliphatic heterocycles. The molecule has 0 aliphatic carbocycles. The van der Waals surface area contributed by atoms with E-state index >= 15 is 0 Å². The van der Waals surface area contributed by atoms with E-state index < -0.39 is 0 Å². The number of ether oxygens (including phenoxy) is 1. The smallest absolute Gasteiger partial charge is 0.274 e. The molecule has 1 aliphatic rings. The molecule has 1 unspecified atom stereocenters. The van der Waals surface area contributed by atoms with E-state index in [1.165, 1.54) is 4.68 Å². The van der Waals surface area contributed by atoms with Crippen molar-refractivity contribution in [3.63, 3.8) is 0 Å². The first kappa shape index (κ1) is 15.7. The van der Waals surface area contributed by atoms with Crippen LogP contribution >= 0.6 is 0 Å². The minimum Gasteiger partial charge on any atom is -0.381 e. The van der Waals surface area contributed by atoms with Gasteiger partial charge in [0, 0.05) is 38.0 Å². The summed E-state index contributed by atoms with van der Waals surface area (Å²) in [7, 11) is 1.58. The molecule has 1 aromatic heterocycles. The Morgan fingerprint density at radius 1 is 1.39 bits per heavy atom. The zero-order valence-electron chi connectivity index (χ0n) is 13.5. The minimum atomic E-state index is -0.190. The second-order valence-corrected chi connectivity index (χ2v) is 5.90. The number of aryl methyl sites for hydroxylation is 1. The van der Waals surface area contributed by atoms with Crippen LogP contribution in [0, 0.1) is 5.92 Å². The second kappa shape index (κ2) is 6.50. The fourth-order valence-electron chi connectivity index (χ4n) is 3.00. The Morgan fingerprint density at radius 3 is 2.78 bits per heavy atom. The van der Waals surface area contributed by atoms with Crippen LogP contribution in [0.4, 0.5) is 0 Å². The van der Waals surface area contributed by atoms with Crippen molar-refractivity contribution in [2.75, 3.05) is 26.3 Å². The van der Waals surface area contributed by atoms with Gasteiger partial charge in [0.05, 0.1) is 12.0 Å². The van der Waals surface area contributed by atoms with Crippen LogP contribution in [0.1, 0.15) is 23.8 Å². The number of hydrogen-bond acceptors (Lipinski definition) is 4. The van der Waals surface area contributed by atoms with Gasteiger partial charge in [0.2, 0.25) is 0 Å². The summed E-state index contributed by atoms with van der Waals surface area (Å²) in [6.45, 7) is 4.68. The SMILES string of the molecule is CCN(CC1CCOC1)C(=O)c1nn(C)c(=O)c2ccccc12. The highest BCUT2D eigenvalue weighted by Crippen LogP contribution is 2.18. The molecule has 2 heterocycles. The Morgan fingerprint density at radius 2 is 2.13 bits per heavy atom. The molecule has 0 radical (unpaired) electrons. The predicted octanol–water partition coefficient (Wildman–Crippen LogP) is 1.43. The van der Waals surface area contributed by atoms with E-state index in [-0.39, 0.29) is 11.5 Å². The van der Waals surface area contributed by atoms with Gasteiger partial charge in [0.1, 0.15) is 0 Å². The van der Waals surface area contributed by atoms with Gasteiger partial charge in [-0.1, -0.05) is 18.2 Å². The van der Waals surface area contributed by atoms with Crippen LogP contribution in [0.25, 0.3) is 10.8 Å². The monoisotopic (exact) mass is 315 g/mol. The Hall–Kier alpha value is -2.21. The molecule has 6 nitrogen and oxygen atoms in total. The highest BCUT2D eigenvalue weighted by molar-refractivity contribution is 6.04. The van der Waals surface area contributed by atoms with Gasteiger partial charge in [0.15, 0.2) is 5.69 Å². The van der Waals surface area contributed by atoms with Crippen LogP contribution in [0.3, 0.4) is 0 Å². The van der Waals surface area contributed by atoms with E-state index in [4.69, 9.17) is 4.74 Å². The fourth-order valence-corrected chi connectivity index (χ4v) is 3.00. The molecular formula is C17H21N3O3. The minimum absolute atomic E-state index is 0.133. The standard InChI is InChI=1S/C17H21N3O3/c1-3-20(10-12-8-9-23-11-12)17(22)15-13-6-4-5-7-14(13)16(21)19(2)18-15/h4-7,12H,3,8-11H2,1-2H3. The van der Waals surface area contributed by atoms with Crippen LogP contribution in [0.5, 0.6) is 0 Å². The average molecular weight is 315 g/mol. The van der Waals surface area contributed by atoms with Crippen LogP contribution in [0.15, 0.2) is 29.1 Å². The van der Waals surface area contributed by atoms with Crippen LogP contribution in [-0.4, -0.2) is 46.9 Å². The highest BCUT2D eigenvalue weighted by atomic mass is 16.5. The number of benzene rings is 1. The third-order valence-electron chi connectivity index (χ3n) is 4.33. The van der Waals surface area contributed by atoms with Gasteiger partial charge in [-0.05, 0) is 19.4 Å². The molecule has 23 heavy (non-hydrogen) atoms. The Kier molecular flexibility index (Phi) is 4.43. The highest BCUT2D eigenvalue weighted by Gasteiger charge is 2.25. The third kappa shape index (κ3) is 2.99. The Bertz CT molecular complexity index is 778. The number of hydrogen-bond donors (Lipinski definition) is 0. The van der Waals surface area contributed by atoms with Gasteiger partial charge in [0.25, 0.3) is 11.5 Å². The van der Waals surface area contributed by atoms with Crippen molar-refractivity contribution < 1.29 is 9.53 Å². The molecule has 0 spiro atoms. The van der Waals surface area contributed by atoms with Crippen molar-refractivity contribution in [2.45, 2.75) is 13.3 Å². The summed E-state index contributed by atoms with van der Waals surface area (Å²) in [5, 5.41) is 5.36. The number of carbonyl (C=O) groups excluding carboxylic acids is 1. The first-order chi connectivity index (χ1) is 11.1. The molecule has 1 saturated heterocycles. The molecule has 0 N–H and O–H groups in total. The summed E-state index contributed by atoms with van der Waals surface area (Å²) >= 11 is 0. The van der Waals surface area contributed by atoms with Crippen LogP contribution in [-0.2, 0) is 11.8 Å². The molecule has 0 bridgehead atoms. The maximum absolute atomic E-state index is 12.9. The van der Waals surface area contributed by atoms with E-state index in [2.05, 4.69) is 5.10 Å². The maximum atomic E-state index is 12.9. The predicted molar refractivity (Wildman–Crippen MR) is 87.5 cm³/mol. The van der Waals surface area contributed by atoms with Gasteiger partial charge < -0.3 is 9.64 Å². The van der Waals surface area contributed by atoms with Crippen molar-refractivity contribution in [1.82, 2.24) is 14.7 Å². The lowest BCUT2D eigenvalue weighted by Crippen LogP contribution is -2.37. The number of fused-ring (bicyclic) bond motifs is 1. The summed E-state index contributed by atoms with van der Waals surface area (Å²) in [5.74, 6) is 0.240. The Labute approximate surface area is 134 Å². The summed E-state index contributed by atoms with van der Waals surface area (Å²) in [4.78, 5) is 26.9.